The van der Waals surface area contributed by atoms with Crippen LogP contribution in [0.15, 0.2) is 24.3 Å². The Morgan fingerprint density at radius 3 is 2.67 bits per heavy atom. The van der Waals surface area contributed by atoms with Gasteiger partial charge in [-0.3, -0.25) is 4.79 Å². The van der Waals surface area contributed by atoms with Gasteiger partial charge in [-0.2, -0.15) is 0 Å². The number of benzene rings is 1. The fourth-order valence-electron chi connectivity index (χ4n) is 1.55. The summed E-state index contributed by atoms with van der Waals surface area (Å²) in [5.41, 5.74) is 0. The van der Waals surface area contributed by atoms with Crippen molar-refractivity contribution in [2.24, 2.45) is 0 Å². The topological polar surface area (TPSA) is 83.9 Å². The summed E-state index contributed by atoms with van der Waals surface area (Å²) in [6, 6.07) is 6.93. The van der Waals surface area contributed by atoms with E-state index in [1.807, 2.05) is 0 Å². The molecule has 1 aromatic carbocycles. The van der Waals surface area contributed by atoms with Gasteiger partial charge in [0.05, 0.1) is 10.8 Å². The van der Waals surface area contributed by atoms with E-state index in [9.17, 15) is 13.2 Å². The van der Waals surface area contributed by atoms with Crippen LogP contribution in [0.25, 0.3) is 0 Å². The minimum Gasteiger partial charge on any atom is -0.491 e. The van der Waals surface area contributed by atoms with Crippen molar-refractivity contribution in [3.63, 3.8) is 0 Å². The normalized spacial score (nSPS) is 11.6. The van der Waals surface area contributed by atoms with Crippen LogP contribution in [-0.2, 0) is 14.8 Å². The highest BCUT2D eigenvalue weighted by atomic mass is 35.5. The molecule has 0 aliphatic carbocycles. The molecule has 1 aromatic rings. The first-order valence-corrected chi connectivity index (χ1v) is 8.35. The van der Waals surface area contributed by atoms with Crippen LogP contribution >= 0.6 is 11.6 Å². The molecule has 118 valence electrons. The van der Waals surface area contributed by atoms with Gasteiger partial charge >= 0.3 is 5.97 Å². The lowest BCUT2D eigenvalue weighted by Crippen LogP contribution is -2.33. The number of rotatable bonds is 9. The highest BCUT2D eigenvalue weighted by Gasteiger charge is 2.18. The number of nitrogens with zero attached hydrogens (tertiary/aromatic N) is 1. The Labute approximate surface area is 129 Å². The second-order valence-electron chi connectivity index (χ2n) is 4.41. The molecule has 0 amide bonds. The van der Waals surface area contributed by atoms with Gasteiger partial charge in [0.25, 0.3) is 0 Å². The van der Waals surface area contributed by atoms with Crippen molar-refractivity contribution in [3.8, 4) is 5.75 Å². The van der Waals surface area contributed by atoms with Crippen LogP contribution in [-0.4, -0.2) is 49.8 Å². The van der Waals surface area contributed by atoms with E-state index in [2.05, 4.69) is 0 Å². The molecule has 0 unspecified atom stereocenters. The van der Waals surface area contributed by atoms with Crippen molar-refractivity contribution in [3.05, 3.63) is 29.3 Å². The van der Waals surface area contributed by atoms with Gasteiger partial charge in [-0.15, -0.1) is 0 Å². The minimum absolute atomic E-state index is 0.0907. The summed E-state index contributed by atoms with van der Waals surface area (Å²) in [7, 11) is -2.03. The average molecular weight is 336 g/mol. The number of hydrogen-bond acceptors (Lipinski definition) is 4. The Balaban J connectivity index is 2.40. The Kier molecular flexibility index (Phi) is 6.94. The highest BCUT2D eigenvalue weighted by molar-refractivity contribution is 7.89. The van der Waals surface area contributed by atoms with Crippen LogP contribution in [0.5, 0.6) is 5.75 Å². The van der Waals surface area contributed by atoms with Gasteiger partial charge in [-0.25, -0.2) is 12.7 Å². The number of carboxylic acid groups (broad SMARTS) is 1. The smallest absolute Gasteiger partial charge is 0.303 e. The lowest BCUT2D eigenvalue weighted by molar-refractivity contribution is -0.137. The number of halogens is 1. The molecule has 6 nitrogen and oxygen atoms in total. The van der Waals surface area contributed by atoms with Crippen LogP contribution in [0.4, 0.5) is 0 Å². The molecule has 0 heterocycles. The molecule has 0 aliphatic rings. The summed E-state index contributed by atoms with van der Waals surface area (Å²) in [5.74, 6) is -0.701. The SMILES string of the molecule is CN(CCOc1ccccc1Cl)S(=O)(=O)CCCC(=O)O. The van der Waals surface area contributed by atoms with E-state index < -0.39 is 16.0 Å². The van der Waals surface area contributed by atoms with Crippen molar-refractivity contribution in [2.45, 2.75) is 12.8 Å². The maximum absolute atomic E-state index is 11.9. The van der Waals surface area contributed by atoms with E-state index in [-0.39, 0.29) is 31.7 Å². The van der Waals surface area contributed by atoms with E-state index in [4.69, 9.17) is 21.4 Å². The number of likely N-dealkylation sites (N-methyl/N-ethyl adjacent to an activating group) is 1. The first kappa shape index (κ1) is 17.7. The largest absolute Gasteiger partial charge is 0.491 e. The van der Waals surface area contributed by atoms with Crippen molar-refractivity contribution in [2.75, 3.05) is 26.0 Å². The van der Waals surface area contributed by atoms with Gasteiger partial charge in [0.2, 0.25) is 10.0 Å². The van der Waals surface area contributed by atoms with Gasteiger partial charge in [-0.1, -0.05) is 23.7 Å². The Hall–Kier alpha value is -1.31. The summed E-state index contributed by atoms with van der Waals surface area (Å²) in [5, 5.41) is 8.96. The Morgan fingerprint density at radius 1 is 1.38 bits per heavy atom. The summed E-state index contributed by atoms with van der Waals surface area (Å²) in [6.07, 6.45) is -0.0728. The molecular formula is C13H18ClNO5S. The van der Waals surface area contributed by atoms with Gasteiger partial charge < -0.3 is 9.84 Å². The van der Waals surface area contributed by atoms with Gasteiger partial charge in [0.15, 0.2) is 0 Å². The number of sulfonamides is 1. The Bertz CT molecular complexity index is 576. The number of aliphatic carboxylic acids is 1. The minimum atomic E-state index is -3.46. The summed E-state index contributed by atoms with van der Waals surface area (Å²) in [6.45, 7) is 0.332. The zero-order valence-electron chi connectivity index (χ0n) is 11.7. The molecule has 0 saturated carbocycles. The third-order valence-electron chi connectivity index (χ3n) is 2.77. The van der Waals surface area contributed by atoms with E-state index in [1.165, 1.54) is 7.05 Å². The van der Waals surface area contributed by atoms with Crippen LogP contribution in [0.3, 0.4) is 0 Å². The van der Waals surface area contributed by atoms with Crippen LogP contribution in [0.1, 0.15) is 12.8 Å². The van der Waals surface area contributed by atoms with Crippen LogP contribution < -0.4 is 4.74 Å². The molecule has 1 N–H and O–H groups in total. The third-order valence-corrected chi connectivity index (χ3v) is 5.02. The molecular weight excluding hydrogens is 318 g/mol. The summed E-state index contributed by atoms with van der Waals surface area (Å²) >= 11 is 5.92. The number of carbonyl (C=O) groups is 1. The van der Waals surface area contributed by atoms with Gasteiger partial charge in [0, 0.05) is 20.0 Å². The molecule has 0 aliphatic heterocycles. The molecule has 1 rings (SSSR count). The molecule has 0 radical (unpaired) electrons. The van der Waals surface area contributed by atoms with Crippen molar-refractivity contribution in [1.29, 1.82) is 0 Å². The monoisotopic (exact) mass is 335 g/mol. The van der Waals surface area contributed by atoms with E-state index in [1.54, 1.807) is 24.3 Å². The van der Waals surface area contributed by atoms with Crippen LogP contribution in [0.2, 0.25) is 5.02 Å². The lowest BCUT2D eigenvalue weighted by atomic mass is 10.3. The first-order chi connectivity index (χ1) is 9.83. The maximum Gasteiger partial charge on any atom is 0.303 e. The fraction of sp³-hybridized carbons (Fsp3) is 0.462. The van der Waals surface area contributed by atoms with E-state index >= 15 is 0 Å². The highest BCUT2D eigenvalue weighted by Crippen LogP contribution is 2.22. The van der Waals surface area contributed by atoms with Crippen molar-refractivity contribution < 1.29 is 23.1 Å². The molecule has 0 spiro atoms. The molecule has 0 aromatic heterocycles. The molecule has 0 bridgehead atoms. The molecule has 21 heavy (non-hydrogen) atoms. The van der Waals surface area contributed by atoms with Crippen LogP contribution in [0, 0.1) is 0 Å². The molecule has 8 heteroatoms. The van der Waals surface area contributed by atoms with E-state index in [0.29, 0.717) is 10.8 Å². The summed E-state index contributed by atoms with van der Waals surface area (Å²) in [4.78, 5) is 10.4. The lowest BCUT2D eigenvalue weighted by Gasteiger charge is -2.17. The number of carboxylic acids is 1. The predicted octanol–water partition coefficient (Wildman–Crippen LogP) is 1.85. The standard InChI is InChI=1S/C13H18ClNO5S/c1-15(21(18,19)10-4-7-13(16)17)8-9-20-12-6-3-2-5-11(12)14/h2-3,5-6H,4,7-10H2,1H3,(H,16,17). The van der Waals surface area contributed by atoms with Crippen molar-refractivity contribution in [1.82, 2.24) is 4.31 Å². The Morgan fingerprint density at radius 2 is 2.05 bits per heavy atom. The van der Waals surface area contributed by atoms with Gasteiger partial charge in [0.1, 0.15) is 12.4 Å². The average Bonchev–Trinajstić information content (AvgIpc) is 2.40. The zero-order valence-corrected chi connectivity index (χ0v) is 13.2. The molecule has 0 saturated heterocycles. The summed E-state index contributed by atoms with van der Waals surface area (Å²) < 4.78 is 30.3. The first-order valence-electron chi connectivity index (χ1n) is 6.36. The van der Waals surface area contributed by atoms with Gasteiger partial charge in [-0.05, 0) is 18.6 Å². The second-order valence-corrected chi connectivity index (χ2v) is 7.02. The van der Waals surface area contributed by atoms with Crippen molar-refractivity contribution >= 4 is 27.6 Å². The fourth-order valence-corrected chi connectivity index (χ4v) is 2.91. The number of para-hydroxylation sites is 1. The number of ether oxygens (including phenoxy) is 1. The quantitative estimate of drug-likeness (QED) is 0.744. The van der Waals surface area contributed by atoms with E-state index in [0.717, 1.165) is 4.31 Å². The second kappa shape index (κ2) is 8.21. The molecule has 0 atom stereocenters. The zero-order chi connectivity index (χ0) is 15.9. The predicted molar refractivity (Wildman–Crippen MR) is 80.2 cm³/mol. The molecule has 0 fully saturated rings. The number of hydrogen-bond donors (Lipinski definition) is 1. The third kappa shape index (κ3) is 6.33. The maximum atomic E-state index is 11.9.